The van der Waals surface area contributed by atoms with E-state index in [4.69, 9.17) is 23.2 Å². The molecule has 2 heterocycles. The van der Waals surface area contributed by atoms with Crippen molar-refractivity contribution in [2.75, 3.05) is 0 Å². The van der Waals surface area contributed by atoms with Crippen molar-refractivity contribution in [2.24, 2.45) is 0 Å². The second kappa shape index (κ2) is 3.90. The van der Waals surface area contributed by atoms with E-state index in [1.807, 2.05) is 0 Å². The van der Waals surface area contributed by atoms with Crippen molar-refractivity contribution in [3.63, 3.8) is 0 Å². The van der Waals surface area contributed by atoms with Gasteiger partial charge in [-0.3, -0.25) is 0 Å². The first kappa shape index (κ1) is 10.4. The van der Waals surface area contributed by atoms with Gasteiger partial charge in [0.1, 0.15) is 11.0 Å². The molecule has 0 atom stereocenters. The third-order valence-electron chi connectivity index (χ3n) is 3.14. The molecule has 1 N–H and O–H groups in total. The average Bonchev–Trinajstić information content (AvgIpc) is 2.86. The molecule has 16 heavy (non-hydrogen) atoms. The van der Waals surface area contributed by atoms with Crippen LogP contribution in [0.3, 0.4) is 0 Å². The summed E-state index contributed by atoms with van der Waals surface area (Å²) in [6.07, 6.45) is 5.00. The van der Waals surface area contributed by atoms with Crippen molar-refractivity contribution in [2.45, 2.75) is 31.6 Å². The summed E-state index contributed by atoms with van der Waals surface area (Å²) in [5, 5.41) is 0.787. The number of H-pyrrole nitrogens is 1. The Labute approximate surface area is 103 Å². The summed E-state index contributed by atoms with van der Waals surface area (Å²) >= 11 is 11.8. The summed E-state index contributed by atoms with van der Waals surface area (Å²) in [6.45, 7) is 0. The molecule has 0 saturated heterocycles. The van der Waals surface area contributed by atoms with Crippen LogP contribution in [0.1, 0.15) is 37.4 Å². The Morgan fingerprint density at radius 3 is 2.69 bits per heavy atom. The van der Waals surface area contributed by atoms with Gasteiger partial charge in [-0.05, 0) is 18.9 Å². The number of hydrogen-bond acceptors (Lipinski definition) is 2. The van der Waals surface area contributed by atoms with E-state index < -0.39 is 0 Å². The predicted octanol–water partition coefficient (Wildman–Crippen LogP) is 3.92. The van der Waals surface area contributed by atoms with Crippen LogP contribution in [0.2, 0.25) is 10.2 Å². The van der Waals surface area contributed by atoms with Crippen molar-refractivity contribution in [1.82, 2.24) is 15.0 Å². The highest BCUT2D eigenvalue weighted by molar-refractivity contribution is 6.41. The molecule has 2 aromatic heterocycles. The van der Waals surface area contributed by atoms with Gasteiger partial charge in [0.2, 0.25) is 0 Å². The molecule has 0 spiro atoms. The number of aromatic amines is 1. The molecule has 2 aromatic rings. The molecule has 3 rings (SSSR count). The van der Waals surface area contributed by atoms with Gasteiger partial charge in [0.15, 0.2) is 5.65 Å². The molecule has 0 bridgehead atoms. The Balaban J connectivity index is 2.08. The molecular weight excluding hydrogens is 245 g/mol. The average molecular weight is 256 g/mol. The minimum absolute atomic E-state index is 0.318. The Hall–Kier alpha value is -0.800. The molecule has 1 aliphatic rings. The fourth-order valence-corrected chi connectivity index (χ4v) is 2.59. The Kier molecular flexibility index (Phi) is 2.52. The standard InChI is InChI=1S/C11H11Cl2N3/c12-7-5-8-11(15-9(7)13)16-10(14-8)6-3-1-2-4-6/h5-6H,1-4H2,(H,14,15,16). The van der Waals surface area contributed by atoms with E-state index in [9.17, 15) is 0 Å². The molecule has 0 amide bonds. The van der Waals surface area contributed by atoms with Crippen LogP contribution >= 0.6 is 23.2 Å². The highest BCUT2D eigenvalue weighted by Crippen LogP contribution is 2.33. The summed E-state index contributed by atoms with van der Waals surface area (Å²) in [7, 11) is 0. The number of fused-ring (bicyclic) bond motifs is 1. The first-order valence-corrected chi connectivity index (χ1v) is 6.21. The molecule has 0 radical (unpaired) electrons. The minimum atomic E-state index is 0.318. The zero-order valence-corrected chi connectivity index (χ0v) is 10.1. The maximum absolute atomic E-state index is 5.91. The van der Waals surface area contributed by atoms with Gasteiger partial charge in [-0.15, -0.1) is 0 Å². The van der Waals surface area contributed by atoms with Gasteiger partial charge < -0.3 is 4.98 Å². The minimum Gasteiger partial charge on any atom is -0.340 e. The van der Waals surface area contributed by atoms with Crippen LogP contribution in [0.4, 0.5) is 0 Å². The Morgan fingerprint density at radius 1 is 1.19 bits per heavy atom. The van der Waals surface area contributed by atoms with E-state index in [1.165, 1.54) is 25.7 Å². The molecule has 1 saturated carbocycles. The van der Waals surface area contributed by atoms with E-state index >= 15 is 0 Å². The lowest BCUT2D eigenvalue weighted by molar-refractivity contribution is 0.681. The molecule has 0 aliphatic heterocycles. The zero-order chi connectivity index (χ0) is 11.1. The quantitative estimate of drug-likeness (QED) is 0.785. The third-order valence-corrected chi connectivity index (χ3v) is 3.82. The van der Waals surface area contributed by atoms with Gasteiger partial charge in [-0.1, -0.05) is 36.0 Å². The molecule has 1 aliphatic carbocycles. The van der Waals surface area contributed by atoms with Crippen LogP contribution in [0.5, 0.6) is 0 Å². The first-order chi connectivity index (χ1) is 7.74. The lowest BCUT2D eigenvalue weighted by atomic mass is 10.1. The summed E-state index contributed by atoms with van der Waals surface area (Å²) in [4.78, 5) is 11.9. The number of rotatable bonds is 1. The normalized spacial score (nSPS) is 17.4. The van der Waals surface area contributed by atoms with Crippen molar-refractivity contribution in [3.8, 4) is 0 Å². The van der Waals surface area contributed by atoms with E-state index in [1.54, 1.807) is 6.07 Å². The number of aromatic nitrogens is 3. The van der Waals surface area contributed by atoms with E-state index in [2.05, 4.69) is 15.0 Å². The number of halogens is 2. The number of pyridine rings is 1. The summed E-state index contributed by atoms with van der Waals surface area (Å²) in [5.74, 6) is 1.57. The second-order valence-electron chi connectivity index (χ2n) is 4.24. The van der Waals surface area contributed by atoms with Gasteiger partial charge in [0, 0.05) is 5.92 Å². The lowest BCUT2D eigenvalue weighted by Crippen LogP contribution is -1.94. The van der Waals surface area contributed by atoms with E-state index in [-0.39, 0.29) is 0 Å². The van der Waals surface area contributed by atoms with Crippen LogP contribution < -0.4 is 0 Å². The van der Waals surface area contributed by atoms with E-state index in [0.29, 0.717) is 21.7 Å². The topological polar surface area (TPSA) is 41.6 Å². The number of hydrogen-bond donors (Lipinski definition) is 1. The number of imidazole rings is 1. The molecular formula is C11H11Cl2N3. The molecule has 0 aromatic carbocycles. The third kappa shape index (κ3) is 1.68. The largest absolute Gasteiger partial charge is 0.340 e. The number of nitrogens with one attached hydrogen (secondary N) is 1. The fraction of sp³-hybridized carbons (Fsp3) is 0.455. The SMILES string of the molecule is Clc1cc2[nH]c(C3CCCC3)nc2nc1Cl. The van der Waals surface area contributed by atoms with E-state index in [0.717, 1.165) is 11.3 Å². The van der Waals surface area contributed by atoms with Crippen molar-refractivity contribution in [3.05, 3.63) is 22.1 Å². The van der Waals surface area contributed by atoms with Gasteiger partial charge >= 0.3 is 0 Å². The molecule has 5 heteroatoms. The maximum atomic E-state index is 5.91. The van der Waals surface area contributed by atoms with Crippen LogP contribution in [-0.2, 0) is 0 Å². The summed E-state index contributed by atoms with van der Waals surface area (Å²) in [5.41, 5.74) is 1.53. The van der Waals surface area contributed by atoms with Crippen LogP contribution in [0, 0.1) is 0 Å². The first-order valence-electron chi connectivity index (χ1n) is 5.45. The molecule has 84 valence electrons. The second-order valence-corrected chi connectivity index (χ2v) is 5.00. The highest BCUT2D eigenvalue weighted by Gasteiger charge is 2.20. The monoisotopic (exact) mass is 255 g/mol. The van der Waals surface area contributed by atoms with Gasteiger partial charge in [0.05, 0.1) is 10.5 Å². The fourth-order valence-electron chi connectivity index (χ4n) is 2.31. The summed E-state index contributed by atoms with van der Waals surface area (Å²) in [6, 6.07) is 1.79. The Morgan fingerprint density at radius 2 is 1.94 bits per heavy atom. The molecule has 3 nitrogen and oxygen atoms in total. The van der Waals surface area contributed by atoms with Crippen LogP contribution in [-0.4, -0.2) is 15.0 Å². The van der Waals surface area contributed by atoms with Crippen LogP contribution in [0.25, 0.3) is 11.2 Å². The highest BCUT2D eigenvalue weighted by atomic mass is 35.5. The molecule has 1 fully saturated rings. The van der Waals surface area contributed by atoms with Crippen molar-refractivity contribution < 1.29 is 0 Å². The van der Waals surface area contributed by atoms with Gasteiger partial charge in [0.25, 0.3) is 0 Å². The van der Waals surface area contributed by atoms with Gasteiger partial charge in [-0.25, -0.2) is 9.97 Å². The smallest absolute Gasteiger partial charge is 0.179 e. The number of nitrogens with zero attached hydrogens (tertiary/aromatic N) is 2. The van der Waals surface area contributed by atoms with Crippen molar-refractivity contribution in [1.29, 1.82) is 0 Å². The predicted molar refractivity (Wildman–Crippen MR) is 65.1 cm³/mol. The summed E-state index contributed by atoms with van der Waals surface area (Å²) < 4.78 is 0. The zero-order valence-electron chi connectivity index (χ0n) is 8.63. The maximum Gasteiger partial charge on any atom is 0.179 e. The molecule has 0 unspecified atom stereocenters. The van der Waals surface area contributed by atoms with Crippen molar-refractivity contribution >= 4 is 34.4 Å². The Bertz CT molecular complexity index is 490. The van der Waals surface area contributed by atoms with Crippen LogP contribution in [0.15, 0.2) is 6.07 Å². The van der Waals surface area contributed by atoms with Gasteiger partial charge in [-0.2, -0.15) is 0 Å². The lowest BCUT2D eigenvalue weighted by Gasteiger charge is -2.02.